The molecule has 2 aromatic carbocycles. The van der Waals surface area contributed by atoms with Gasteiger partial charge in [0.15, 0.2) is 11.0 Å². The number of aromatic nitrogens is 3. The van der Waals surface area contributed by atoms with Crippen molar-refractivity contribution in [2.24, 2.45) is 0 Å². The lowest BCUT2D eigenvalue weighted by atomic mass is 10.1. The number of hydrogen-bond donors (Lipinski definition) is 0. The second-order valence-corrected chi connectivity index (χ2v) is 8.62. The molecule has 3 aromatic rings. The predicted molar refractivity (Wildman–Crippen MR) is 123 cm³/mol. The van der Waals surface area contributed by atoms with Gasteiger partial charge in [-0.2, -0.15) is 0 Å². The van der Waals surface area contributed by atoms with Crippen LogP contribution < -0.4 is 4.74 Å². The molecular formula is C23H27N5O2S. The van der Waals surface area contributed by atoms with Crippen LogP contribution in [0.2, 0.25) is 0 Å². The summed E-state index contributed by atoms with van der Waals surface area (Å²) in [6.45, 7) is 5.43. The van der Waals surface area contributed by atoms with Crippen LogP contribution in [0.5, 0.6) is 5.75 Å². The first-order valence-corrected chi connectivity index (χ1v) is 11.3. The van der Waals surface area contributed by atoms with E-state index in [-0.39, 0.29) is 5.91 Å². The third-order valence-corrected chi connectivity index (χ3v) is 6.33. The lowest BCUT2D eigenvalue weighted by molar-refractivity contribution is -0.129. The summed E-state index contributed by atoms with van der Waals surface area (Å²) in [5, 5.41) is 9.61. The first-order chi connectivity index (χ1) is 15.0. The van der Waals surface area contributed by atoms with Crippen molar-refractivity contribution in [3.8, 4) is 22.8 Å². The van der Waals surface area contributed by atoms with Gasteiger partial charge in [0.05, 0.1) is 12.9 Å². The topological polar surface area (TPSA) is 63.5 Å². The number of rotatable bonds is 6. The van der Waals surface area contributed by atoms with Crippen LogP contribution in [0.4, 0.5) is 0 Å². The number of amides is 1. The zero-order valence-corrected chi connectivity index (χ0v) is 18.9. The van der Waals surface area contributed by atoms with Crippen molar-refractivity contribution in [1.82, 2.24) is 24.6 Å². The number of nitrogens with zero attached hydrogens (tertiary/aromatic N) is 5. The fraction of sp³-hybridized carbons (Fsp3) is 0.348. The number of likely N-dealkylation sites (N-methyl/N-ethyl adjacent to an activating group) is 1. The van der Waals surface area contributed by atoms with E-state index >= 15 is 0 Å². The van der Waals surface area contributed by atoms with Crippen LogP contribution >= 0.6 is 11.8 Å². The molecule has 1 saturated heterocycles. The van der Waals surface area contributed by atoms with E-state index < -0.39 is 0 Å². The maximum Gasteiger partial charge on any atom is 0.233 e. The largest absolute Gasteiger partial charge is 0.497 e. The number of aryl methyl sites for hydroxylation is 1. The van der Waals surface area contributed by atoms with Gasteiger partial charge in [0.1, 0.15) is 5.75 Å². The van der Waals surface area contributed by atoms with Gasteiger partial charge in [-0.25, -0.2) is 0 Å². The van der Waals surface area contributed by atoms with Crippen LogP contribution in [0.1, 0.15) is 5.56 Å². The van der Waals surface area contributed by atoms with Crippen LogP contribution in [0, 0.1) is 6.92 Å². The number of carbonyl (C=O) groups is 1. The molecule has 0 radical (unpaired) electrons. The molecule has 0 unspecified atom stereocenters. The summed E-state index contributed by atoms with van der Waals surface area (Å²) < 4.78 is 7.31. The second-order valence-electron chi connectivity index (χ2n) is 7.68. The summed E-state index contributed by atoms with van der Waals surface area (Å²) in [5.41, 5.74) is 3.07. The molecule has 0 aliphatic carbocycles. The summed E-state index contributed by atoms with van der Waals surface area (Å²) in [7, 11) is 3.73. The molecule has 0 bridgehead atoms. The third kappa shape index (κ3) is 4.91. The Morgan fingerprint density at radius 2 is 1.81 bits per heavy atom. The van der Waals surface area contributed by atoms with Gasteiger partial charge in [0, 0.05) is 37.4 Å². The van der Waals surface area contributed by atoms with Gasteiger partial charge in [0.25, 0.3) is 0 Å². The number of ether oxygens (including phenoxy) is 1. The molecule has 1 aliphatic heterocycles. The lowest BCUT2D eigenvalue weighted by Crippen LogP contribution is -2.47. The highest BCUT2D eigenvalue weighted by atomic mass is 32.2. The number of benzene rings is 2. The van der Waals surface area contributed by atoms with E-state index in [2.05, 4.69) is 41.2 Å². The fourth-order valence-corrected chi connectivity index (χ4v) is 4.43. The van der Waals surface area contributed by atoms with E-state index in [1.807, 2.05) is 45.9 Å². The number of methoxy groups -OCH3 is 1. The Morgan fingerprint density at radius 1 is 1.06 bits per heavy atom. The highest BCUT2D eigenvalue weighted by Gasteiger charge is 2.22. The first-order valence-electron chi connectivity index (χ1n) is 10.3. The van der Waals surface area contributed by atoms with Crippen LogP contribution in [0.25, 0.3) is 17.1 Å². The van der Waals surface area contributed by atoms with Crippen LogP contribution in [0.3, 0.4) is 0 Å². The molecule has 0 N–H and O–H groups in total. The smallest absolute Gasteiger partial charge is 0.233 e. The average molecular weight is 438 g/mol. The van der Waals surface area contributed by atoms with Gasteiger partial charge in [-0.15, -0.1) is 10.2 Å². The zero-order valence-electron chi connectivity index (χ0n) is 18.1. The highest BCUT2D eigenvalue weighted by molar-refractivity contribution is 7.99. The second kappa shape index (κ2) is 9.53. The lowest BCUT2D eigenvalue weighted by Gasteiger charge is -2.32. The molecule has 0 saturated carbocycles. The van der Waals surface area contributed by atoms with Gasteiger partial charge in [-0.05, 0) is 44.3 Å². The fourth-order valence-electron chi connectivity index (χ4n) is 3.57. The van der Waals surface area contributed by atoms with E-state index in [0.29, 0.717) is 10.9 Å². The maximum absolute atomic E-state index is 12.7. The molecule has 2 heterocycles. The van der Waals surface area contributed by atoms with Crippen molar-refractivity contribution in [2.45, 2.75) is 12.1 Å². The Balaban J connectivity index is 1.61. The first kappa shape index (κ1) is 21.4. The van der Waals surface area contributed by atoms with Crippen LogP contribution in [0.15, 0.2) is 53.7 Å². The van der Waals surface area contributed by atoms with Crippen molar-refractivity contribution in [1.29, 1.82) is 0 Å². The highest BCUT2D eigenvalue weighted by Crippen LogP contribution is 2.29. The standard InChI is InChI=1S/C23H27N5O2S/c1-17-5-4-6-18(15-17)22-24-25-23(28(22)19-7-9-20(30-3)10-8-19)31-16-21(29)27-13-11-26(2)12-14-27/h4-10,15H,11-14,16H2,1-3H3. The number of thioether (sulfide) groups is 1. The molecule has 7 nitrogen and oxygen atoms in total. The quantitative estimate of drug-likeness (QED) is 0.552. The van der Waals surface area contributed by atoms with Crippen molar-refractivity contribution in [3.63, 3.8) is 0 Å². The van der Waals surface area contributed by atoms with Crippen molar-refractivity contribution in [2.75, 3.05) is 46.1 Å². The molecule has 0 atom stereocenters. The Hall–Kier alpha value is -2.84. The zero-order chi connectivity index (χ0) is 21.8. The molecule has 8 heteroatoms. The predicted octanol–water partition coefficient (Wildman–Crippen LogP) is 3.12. The number of carbonyl (C=O) groups excluding carboxylic acids is 1. The molecule has 162 valence electrons. The minimum absolute atomic E-state index is 0.138. The molecule has 1 amide bonds. The van der Waals surface area contributed by atoms with Crippen LogP contribution in [-0.2, 0) is 4.79 Å². The Bertz CT molecular complexity index is 1040. The summed E-state index contributed by atoms with van der Waals surface area (Å²) in [4.78, 5) is 16.9. The average Bonchev–Trinajstić information content (AvgIpc) is 3.22. The summed E-state index contributed by atoms with van der Waals surface area (Å²) in [6, 6.07) is 16.0. The van der Waals surface area contributed by atoms with Gasteiger partial charge in [-0.1, -0.05) is 35.5 Å². The van der Waals surface area contributed by atoms with E-state index in [0.717, 1.165) is 54.6 Å². The summed E-state index contributed by atoms with van der Waals surface area (Å²) in [6.07, 6.45) is 0. The maximum atomic E-state index is 12.7. The van der Waals surface area contributed by atoms with Gasteiger partial charge < -0.3 is 14.5 Å². The SMILES string of the molecule is COc1ccc(-n2c(SCC(=O)N3CCN(C)CC3)nnc2-c2cccc(C)c2)cc1. The monoisotopic (exact) mass is 437 g/mol. The molecular weight excluding hydrogens is 410 g/mol. The Labute approximate surface area is 187 Å². The van der Waals surface area contributed by atoms with Crippen LogP contribution in [-0.4, -0.2) is 76.6 Å². The Kier molecular flexibility index (Phi) is 6.58. The van der Waals surface area contributed by atoms with E-state index in [9.17, 15) is 4.79 Å². The Morgan fingerprint density at radius 3 is 2.48 bits per heavy atom. The van der Waals surface area contributed by atoms with Crippen molar-refractivity contribution >= 4 is 17.7 Å². The summed E-state index contributed by atoms with van der Waals surface area (Å²) >= 11 is 1.43. The number of piperazine rings is 1. The van der Waals surface area contributed by atoms with Gasteiger partial charge in [0.2, 0.25) is 5.91 Å². The van der Waals surface area contributed by atoms with E-state index in [1.54, 1.807) is 7.11 Å². The van der Waals surface area contributed by atoms with Gasteiger partial charge >= 0.3 is 0 Å². The van der Waals surface area contributed by atoms with Crippen molar-refractivity contribution < 1.29 is 9.53 Å². The van der Waals surface area contributed by atoms with Gasteiger partial charge in [-0.3, -0.25) is 9.36 Å². The third-order valence-electron chi connectivity index (χ3n) is 5.42. The number of hydrogen-bond acceptors (Lipinski definition) is 6. The molecule has 0 spiro atoms. The molecule has 1 aliphatic rings. The molecule has 1 aromatic heterocycles. The molecule has 31 heavy (non-hydrogen) atoms. The van der Waals surface area contributed by atoms with E-state index in [4.69, 9.17) is 4.74 Å². The molecule has 1 fully saturated rings. The van der Waals surface area contributed by atoms with Crippen molar-refractivity contribution in [3.05, 3.63) is 54.1 Å². The minimum atomic E-state index is 0.138. The minimum Gasteiger partial charge on any atom is -0.497 e. The summed E-state index contributed by atoms with van der Waals surface area (Å²) in [5.74, 6) is 2.02. The molecule has 4 rings (SSSR count). The van der Waals surface area contributed by atoms with E-state index in [1.165, 1.54) is 11.8 Å². The normalized spacial score (nSPS) is 14.6.